The quantitative estimate of drug-likeness (QED) is 0.883. The fraction of sp³-hybridized carbons (Fsp3) is 0.167. The van der Waals surface area contributed by atoms with Gasteiger partial charge < -0.3 is 9.84 Å². The Labute approximate surface area is 103 Å². The number of carbonyl (C=O) groups is 1. The van der Waals surface area contributed by atoms with Crippen LogP contribution in [0.25, 0.3) is 0 Å². The van der Waals surface area contributed by atoms with Crippen molar-refractivity contribution in [2.45, 2.75) is 5.75 Å². The first kappa shape index (κ1) is 11.7. The van der Waals surface area contributed by atoms with Crippen LogP contribution in [-0.4, -0.2) is 16.8 Å². The average molecular weight is 248 g/mol. The Kier molecular flexibility index (Phi) is 4.21. The van der Waals surface area contributed by atoms with Crippen LogP contribution in [0.2, 0.25) is 0 Å². The monoisotopic (exact) mass is 248 g/mol. The van der Waals surface area contributed by atoms with Gasteiger partial charge in [-0.2, -0.15) is 0 Å². The minimum atomic E-state index is -0.0471. The van der Waals surface area contributed by atoms with Gasteiger partial charge in [-0.05, 0) is 5.56 Å². The molecule has 2 aromatic rings. The number of thioether (sulfide) groups is 1. The number of amides is 1. The van der Waals surface area contributed by atoms with Gasteiger partial charge in [-0.15, -0.1) is 11.8 Å². The van der Waals surface area contributed by atoms with Crippen molar-refractivity contribution in [1.82, 2.24) is 5.16 Å². The van der Waals surface area contributed by atoms with Gasteiger partial charge in [0, 0.05) is 5.75 Å². The summed E-state index contributed by atoms with van der Waals surface area (Å²) in [6.07, 6.45) is 2.87. The van der Waals surface area contributed by atoms with E-state index in [4.69, 9.17) is 0 Å². The highest BCUT2D eigenvalue weighted by Crippen LogP contribution is 2.12. The van der Waals surface area contributed by atoms with E-state index < -0.39 is 0 Å². The van der Waals surface area contributed by atoms with Crippen LogP contribution in [0.15, 0.2) is 47.3 Å². The zero-order valence-electron chi connectivity index (χ0n) is 9.13. The maximum atomic E-state index is 11.5. The third-order valence-corrected chi connectivity index (χ3v) is 3.06. The predicted octanol–water partition coefficient (Wildman–Crippen LogP) is 2.55. The van der Waals surface area contributed by atoms with E-state index in [2.05, 4.69) is 15.0 Å². The molecule has 0 bridgehead atoms. The average Bonchev–Trinajstić information content (AvgIpc) is 2.83. The highest BCUT2D eigenvalue weighted by Gasteiger charge is 2.03. The molecule has 1 N–H and O–H groups in total. The van der Waals surface area contributed by atoms with Crippen molar-refractivity contribution >= 4 is 23.4 Å². The van der Waals surface area contributed by atoms with Gasteiger partial charge in [-0.3, -0.25) is 4.79 Å². The lowest BCUT2D eigenvalue weighted by atomic mass is 10.2. The summed E-state index contributed by atoms with van der Waals surface area (Å²) in [5.41, 5.74) is 1.81. The molecule has 0 aliphatic rings. The molecule has 5 heteroatoms. The molecule has 0 aliphatic heterocycles. The lowest BCUT2D eigenvalue weighted by Crippen LogP contribution is -2.13. The predicted molar refractivity (Wildman–Crippen MR) is 67.7 cm³/mol. The van der Waals surface area contributed by atoms with E-state index in [0.29, 0.717) is 11.4 Å². The normalized spacial score (nSPS) is 10.1. The fourth-order valence-electron chi connectivity index (χ4n) is 1.30. The maximum Gasteiger partial charge on any atom is 0.234 e. The minimum Gasteiger partial charge on any atom is -0.363 e. The molecular weight excluding hydrogens is 236 g/mol. The summed E-state index contributed by atoms with van der Waals surface area (Å²) in [7, 11) is 0. The molecule has 0 saturated heterocycles. The Hall–Kier alpha value is -1.75. The van der Waals surface area contributed by atoms with Crippen LogP contribution in [0.1, 0.15) is 5.56 Å². The number of nitrogens with one attached hydrogen (secondary N) is 1. The van der Waals surface area contributed by atoms with Crippen LogP contribution in [0, 0.1) is 0 Å². The van der Waals surface area contributed by atoms with Crippen LogP contribution in [0.5, 0.6) is 0 Å². The van der Waals surface area contributed by atoms with Crippen LogP contribution < -0.4 is 5.32 Å². The zero-order chi connectivity index (χ0) is 11.9. The Bertz CT molecular complexity index is 457. The number of carbonyl (C=O) groups excluding carboxylic acids is 1. The van der Waals surface area contributed by atoms with Crippen molar-refractivity contribution in [3.05, 3.63) is 48.4 Å². The summed E-state index contributed by atoms with van der Waals surface area (Å²) >= 11 is 1.57. The first-order chi connectivity index (χ1) is 8.34. The highest BCUT2D eigenvalue weighted by molar-refractivity contribution is 7.99. The fourth-order valence-corrected chi connectivity index (χ4v) is 2.09. The molecule has 1 aromatic heterocycles. The van der Waals surface area contributed by atoms with Gasteiger partial charge in [-0.1, -0.05) is 35.5 Å². The summed E-state index contributed by atoms with van der Waals surface area (Å²) < 4.78 is 4.62. The van der Waals surface area contributed by atoms with E-state index in [0.717, 1.165) is 5.75 Å². The van der Waals surface area contributed by atoms with Crippen molar-refractivity contribution in [2.75, 3.05) is 11.1 Å². The number of benzene rings is 1. The third-order valence-electron chi connectivity index (χ3n) is 2.06. The molecule has 0 unspecified atom stereocenters. The number of anilines is 1. The Balaban J connectivity index is 1.70. The SMILES string of the molecule is O=C(CSCc1ccccc1)Nc1cnoc1. The second kappa shape index (κ2) is 6.10. The second-order valence-corrected chi connectivity index (χ2v) is 4.43. The van der Waals surface area contributed by atoms with Gasteiger partial charge in [-0.25, -0.2) is 0 Å². The Morgan fingerprint density at radius 1 is 1.35 bits per heavy atom. The summed E-state index contributed by atoms with van der Waals surface area (Å²) in [6, 6.07) is 10.1. The van der Waals surface area contributed by atoms with Crippen LogP contribution in [0.4, 0.5) is 5.69 Å². The van der Waals surface area contributed by atoms with Crippen molar-refractivity contribution in [3.8, 4) is 0 Å². The maximum absolute atomic E-state index is 11.5. The van der Waals surface area contributed by atoms with Gasteiger partial charge in [0.25, 0.3) is 0 Å². The number of hydrogen-bond donors (Lipinski definition) is 1. The molecule has 0 fully saturated rings. The molecule has 0 atom stereocenters. The van der Waals surface area contributed by atoms with Gasteiger partial charge >= 0.3 is 0 Å². The van der Waals surface area contributed by atoms with Crippen molar-refractivity contribution < 1.29 is 9.32 Å². The van der Waals surface area contributed by atoms with Crippen LogP contribution in [-0.2, 0) is 10.5 Å². The topological polar surface area (TPSA) is 55.1 Å². The molecule has 1 aromatic carbocycles. The van der Waals surface area contributed by atoms with E-state index >= 15 is 0 Å². The summed E-state index contributed by atoms with van der Waals surface area (Å²) in [5, 5.41) is 6.20. The molecule has 88 valence electrons. The van der Waals surface area contributed by atoms with Crippen LogP contribution in [0.3, 0.4) is 0 Å². The first-order valence-electron chi connectivity index (χ1n) is 5.15. The zero-order valence-corrected chi connectivity index (χ0v) is 9.94. The summed E-state index contributed by atoms with van der Waals surface area (Å²) in [6.45, 7) is 0. The van der Waals surface area contributed by atoms with E-state index in [1.165, 1.54) is 18.0 Å². The second-order valence-electron chi connectivity index (χ2n) is 3.44. The largest absolute Gasteiger partial charge is 0.363 e. The first-order valence-corrected chi connectivity index (χ1v) is 6.31. The lowest BCUT2D eigenvalue weighted by Gasteiger charge is -2.02. The molecule has 17 heavy (non-hydrogen) atoms. The minimum absolute atomic E-state index is 0.0471. The van der Waals surface area contributed by atoms with Crippen molar-refractivity contribution in [3.63, 3.8) is 0 Å². The standard InChI is InChI=1S/C12H12N2O2S/c15-12(14-11-6-13-16-7-11)9-17-8-10-4-2-1-3-5-10/h1-7H,8-9H2,(H,14,15). The van der Waals surface area contributed by atoms with E-state index in [1.54, 1.807) is 11.8 Å². The molecule has 4 nitrogen and oxygen atoms in total. The van der Waals surface area contributed by atoms with Crippen LogP contribution >= 0.6 is 11.8 Å². The number of nitrogens with zero attached hydrogens (tertiary/aromatic N) is 1. The molecule has 0 spiro atoms. The molecule has 0 radical (unpaired) electrons. The van der Waals surface area contributed by atoms with E-state index in [9.17, 15) is 4.79 Å². The van der Waals surface area contributed by atoms with Crippen molar-refractivity contribution in [1.29, 1.82) is 0 Å². The Morgan fingerprint density at radius 2 is 2.18 bits per heavy atom. The van der Waals surface area contributed by atoms with Crippen molar-refractivity contribution in [2.24, 2.45) is 0 Å². The third kappa shape index (κ3) is 3.96. The number of aromatic nitrogens is 1. The van der Waals surface area contributed by atoms with E-state index in [-0.39, 0.29) is 5.91 Å². The highest BCUT2D eigenvalue weighted by atomic mass is 32.2. The van der Waals surface area contributed by atoms with E-state index in [1.807, 2.05) is 30.3 Å². The van der Waals surface area contributed by atoms with Gasteiger partial charge in [0.15, 0.2) is 0 Å². The van der Waals surface area contributed by atoms with Gasteiger partial charge in [0.05, 0.1) is 11.9 Å². The van der Waals surface area contributed by atoms with Gasteiger partial charge in [0.2, 0.25) is 5.91 Å². The molecule has 0 aliphatic carbocycles. The molecule has 1 heterocycles. The molecular formula is C12H12N2O2S. The van der Waals surface area contributed by atoms with Gasteiger partial charge in [0.1, 0.15) is 12.0 Å². The Morgan fingerprint density at radius 3 is 2.88 bits per heavy atom. The number of rotatable bonds is 5. The smallest absolute Gasteiger partial charge is 0.234 e. The molecule has 0 saturated carbocycles. The summed E-state index contributed by atoms with van der Waals surface area (Å²) in [4.78, 5) is 11.5. The number of hydrogen-bond acceptors (Lipinski definition) is 4. The molecule has 1 amide bonds. The lowest BCUT2D eigenvalue weighted by molar-refractivity contribution is -0.113. The molecule has 2 rings (SSSR count). The summed E-state index contributed by atoms with van der Waals surface area (Å²) in [5.74, 6) is 1.20.